The maximum Gasteiger partial charge on any atom is 0.432 e. The Hall–Kier alpha value is -1.73. The maximum absolute atomic E-state index is 12.2. The Kier molecular flexibility index (Phi) is 2.82. The molecule has 5 atom stereocenters. The summed E-state index contributed by atoms with van der Waals surface area (Å²) in [6, 6.07) is -0.277. The van der Waals surface area contributed by atoms with Crippen LogP contribution >= 0.6 is 0 Å². The van der Waals surface area contributed by atoms with Gasteiger partial charge < -0.3 is 14.2 Å². The van der Waals surface area contributed by atoms with Gasteiger partial charge in [0.1, 0.15) is 18.2 Å². The average Bonchev–Trinajstić information content (AvgIpc) is 3.14. The molecule has 20 heavy (non-hydrogen) atoms. The first-order valence-corrected chi connectivity index (χ1v) is 6.82. The van der Waals surface area contributed by atoms with Gasteiger partial charge in [0.2, 0.25) is 0 Å². The lowest BCUT2D eigenvalue weighted by Gasteiger charge is -2.23. The summed E-state index contributed by atoms with van der Waals surface area (Å²) in [6.07, 6.45) is 7.52. The molecule has 0 aromatic heterocycles. The van der Waals surface area contributed by atoms with Crippen LogP contribution in [0, 0.1) is 5.92 Å². The van der Waals surface area contributed by atoms with Gasteiger partial charge in [0.25, 0.3) is 0 Å². The Morgan fingerprint density at radius 3 is 3.15 bits per heavy atom. The lowest BCUT2D eigenvalue weighted by Crippen LogP contribution is -2.40. The summed E-state index contributed by atoms with van der Waals surface area (Å²) in [5.74, 6) is 0.135. The lowest BCUT2D eigenvalue weighted by atomic mass is 10.0. The van der Waals surface area contributed by atoms with Gasteiger partial charge in [0.05, 0.1) is 19.1 Å². The van der Waals surface area contributed by atoms with Gasteiger partial charge in [-0.2, -0.15) is 10.1 Å². The molecule has 4 rings (SSSR count). The molecule has 106 valence electrons. The number of hydrogen-bond acceptors (Lipinski definition) is 6. The molecule has 2 fully saturated rings. The third kappa shape index (κ3) is 1.85. The molecule has 0 aromatic rings. The molecule has 3 heterocycles. The van der Waals surface area contributed by atoms with Crippen molar-refractivity contribution >= 4 is 6.09 Å². The summed E-state index contributed by atoms with van der Waals surface area (Å²) >= 11 is 0. The third-order valence-electron chi connectivity index (χ3n) is 4.07. The standard InChI is InChI=1S/C13H15N3O4/c17-13(16-10-4-2-1-3-9(10)14-15-16)20-11-7-19-12-8(11)5-6-18-12/h1-4,8-12H,5-7H2/t8-,9?,10?,11-,12+/m0/s1. The van der Waals surface area contributed by atoms with Crippen LogP contribution in [0.15, 0.2) is 34.6 Å². The highest BCUT2D eigenvalue weighted by Gasteiger charge is 2.45. The Labute approximate surface area is 115 Å². The topological polar surface area (TPSA) is 72.7 Å². The van der Waals surface area contributed by atoms with E-state index in [1.54, 1.807) is 0 Å². The Balaban J connectivity index is 1.42. The van der Waals surface area contributed by atoms with Gasteiger partial charge in [-0.15, -0.1) is 0 Å². The molecule has 1 aliphatic carbocycles. The number of amides is 1. The van der Waals surface area contributed by atoms with Crippen molar-refractivity contribution in [3.63, 3.8) is 0 Å². The molecule has 3 aliphatic heterocycles. The summed E-state index contributed by atoms with van der Waals surface area (Å²) in [5, 5.41) is 9.27. The number of nitrogens with zero attached hydrogens (tertiary/aromatic N) is 3. The van der Waals surface area contributed by atoms with Gasteiger partial charge in [-0.25, -0.2) is 4.79 Å². The summed E-state index contributed by atoms with van der Waals surface area (Å²) < 4.78 is 16.4. The molecule has 2 unspecified atom stereocenters. The van der Waals surface area contributed by atoms with Crippen LogP contribution in [0.4, 0.5) is 4.79 Å². The van der Waals surface area contributed by atoms with E-state index in [2.05, 4.69) is 10.3 Å². The smallest absolute Gasteiger partial charge is 0.432 e. The lowest BCUT2D eigenvalue weighted by molar-refractivity contribution is -0.0907. The number of carbonyl (C=O) groups is 1. The molecule has 1 amide bonds. The zero-order chi connectivity index (χ0) is 13.5. The summed E-state index contributed by atoms with van der Waals surface area (Å²) in [7, 11) is 0. The summed E-state index contributed by atoms with van der Waals surface area (Å²) in [6.45, 7) is 1.04. The summed E-state index contributed by atoms with van der Waals surface area (Å²) in [5.41, 5.74) is 0. The minimum Gasteiger partial charge on any atom is -0.442 e. The number of fused-ring (bicyclic) bond motifs is 2. The van der Waals surface area contributed by atoms with Crippen molar-refractivity contribution in [1.82, 2.24) is 5.01 Å². The van der Waals surface area contributed by atoms with Crippen LogP contribution < -0.4 is 0 Å². The van der Waals surface area contributed by atoms with Gasteiger partial charge in [-0.05, 0) is 6.42 Å². The average molecular weight is 277 g/mol. The fourth-order valence-electron chi connectivity index (χ4n) is 2.98. The fraction of sp³-hybridized carbons (Fsp3) is 0.615. The number of carbonyl (C=O) groups excluding carboxylic acids is 1. The van der Waals surface area contributed by atoms with Crippen LogP contribution in [-0.2, 0) is 14.2 Å². The molecule has 2 saturated heterocycles. The molecule has 0 aromatic carbocycles. The summed E-state index contributed by atoms with van der Waals surface area (Å²) in [4.78, 5) is 12.2. The highest BCUT2D eigenvalue weighted by molar-refractivity contribution is 5.69. The highest BCUT2D eigenvalue weighted by Crippen LogP contribution is 2.34. The second kappa shape index (κ2) is 4.68. The van der Waals surface area contributed by atoms with Crippen molar-refractivity contribution in [3.05, 3.63) is 24.3 Å². The second-order valence-corrected chi connectivity index (χ2v) is 5.25. The van der Waals surface area contributed by atoms with E-state index in [4.69, 9.17) is 14.2 Å². The first kappa shape index (κ1) is 12.0. The molecule has 7 nitrogen and oxygen atoms in total. The zero-order valence-electron chi connectivity index (χ0n) is 10.8. The van der Waals surface area contributed by atoms with Crippen molar-refractivity contribution in [1.29, 1.82) is 0 Å². The monoisotopic (exact) mass is 277 g/mol. The molecule has 4 aliphatic rings. The molecule has 0 bridgehead atoms. The largest absolute Gasteiger partial charge is 0.442 e. The quantitative estimate of drug-likeness (QED) is 0.726. The molecular formula is C13H15N3O4. The Morgan fingerprint density at radius 2 is 2.20 bits per heavy atom. The van der Waals surface area contributed by atoms with E-state index in [9.17, 15) is 4.79 Å². The molecule has 0 saturated carbocycles. The van der Waals surface area contributed by atoms with E-state index in [1.165, 1.54) is 5.01 Å². The van der Waals surface area contributed by atoms with Crippen LogP contribution in [0.1, 0.15) is 6.42 Å². The van der Waals surface area contributed by atoms with E-state index in [0.717, 1.165) is 6.42 Å². The number of rotatable bonds is 1. The van der Waals surface area contributed by atoms with Crippen LogP contribution in [-0.4, -0.2) is 48.8 Å². The zero-order valence-corrected chi connectivity index (χ0v) is 10.8. The van der Waals surface area contributed by atoms with E-state index >= 15 is 0 Å². The predicted molar refractivity (Wildman–Crippen MR) is 66.6 cm³/mol. The Bertz CT molecular complexity index is 504. The second-order valence-electron chi connectivity index (χ2n) is 5.25. The highest BCUT2D eigenvalue weighted by atomic mass is 16.7. The van der Waals surface area contributed by atoms with Gasteiger partial charge in [0, 0.05) is 0 Å². The van der Waals surface area contributed by atoms with Gasteiger partial charge in [-0.1, -0.05) is 29.5 Å². The maximum atomic E-state index is 12.2. The molecule has 0 N–H and O–H groups in total. The van der Waals surface area contributed by atoms with Crippen molar-refractivity contribution in [3.8, 4) is 0 Å². The molecular weight excluding hydrogens is 262 g/mol. The minimum absolute atomic E-state index is 0.102. The molecule has 0 spiro atoms. The van der Waals surface area contributed by atoms with Crippen LogP contribution in [0.25, 0.3) is 0 Å². The van der Waals surface area contributed by atoms with Gasteiger partial charge in [-0.3, -0.25) is 0 Å². The SMILES string of the molecule is O=C(O[C@H]1CO[C@H]2OCC[C@H]21)N1N=NC2C=CC=CC21. The number of ether oxygens (including phenoxy) is 3. The van der Waals surface area contributed by atoms with E-state index in [0.29, 0.717) is 13.2 Å². The van der Waals surface area contributed by atoms with Gasteiger partial charge in [0.15, 0.2) is 6.29 Å². The van der Waals surface area contributed by atoms with Crippen LogP contribution in [0.3, 0.4) is 0 Å². The minimum atomic E-state index is -0.470. The molecule has 0 radical (unpaired) electrons. The normalized spacial score (nSPS) is 41.0. The predicted octanol–water partition coefficient (Wildman–Crippen LogP) is 1.43. The van der Waals surface area contributed by atoms with Gasteiger partial charge >= 0.3 is 6.09 Å². The molecule has 7 heteroatoms. The van der Waals surface area contributed by atoms with E-state index < -0.39 is 6.09 Å². The fourth-order valence-corrected chi connectivity index (χ4v) is 2.98. The van der Waals surface area contributed by atoms with Crippen LogP contribution in [0.2, 0.25) is 0 Å². The first-order chi connectivity index (χ1) is 9.83. The van der Waals surface area contributed by atoms with Crippen molar-refractivity contribution in [2.75, 3.05) is 13.2 Å². The van der Waals surface area contributed by atoms with Crippen LogP contribution in [0.5, 0.6) is 0 Å². The van der Waals surface area contributed by atoms with Crippen molar-refractivity contribution in [2.24, 2.45) is 16.3 Å². The van der Waals surface area contributed by atoms with E-state index in [1.807, 2.05) is 24.3 Å². The van der Waals surface area contributed by atoms with Crippen molar-refractivity contribution < 1.29 is 19.0 Å². The third-order valence-corrected chi connectivity index (χ3v) is 4.07. The number of allylic oxidation sites excluding steroid dienone is 2. The number of hydrogen-bond donors (Lipinski definition) is 0. The Morgan fingerprint density at radius 1 is 1.30 bits per heavy atom. The first-order valence-electron chi connectivity index (χ1n) is 6.82. The van der Waals surface area contributed by atoms with Crippen molar-refractivity contribution in [2.45, 2.75) is 30.9 Å². The van der Waals surface area contributed by atoms with E-state index in [-0.39, 0.29) is 30.4 Å².